The summed E-state index contributed by atoms with van der Waals surface area (Å²) in [5.74, 6) is 1.85. The summed E-state index contributed by atoms with van der Waals surface area (Å²) < 4.78 is 193. The van der Waals surface area contributed by atoms with Crippen molar-refractivity contribution in [3.63, 3.8) is 0 Å². The molecule has 5 aromatic rings. The Morgan fingerprint density at radius 2 is 0.440 bits per heavy atom. The van der Waals surface area contributed by atoms with Crippen LogP contribution in [0.1, 0.15) is 308 Å². The average molecular weight is 2110 g/mol. The second-order valence-corrected chi connectivity index (χ2v) is 46.2. The van der Waals surface area contributed by atoms with Crippen LogP contribution in [0, 0.1) is 88.7 Å². The number of esters is 5. The minimum atomic E-state index is -2.55. The van der Waals surface area contributed by atoms with Gasteiger partial charge in [0.1, 0.15) is 60.7 Å². The number of hydrogen-bond donors (Lipinski definition) is 5. The molecule has 5 aromatic carbocycles. The van der Waals surface area contributed by atoms with Gasteiger partial charge >= 0.3 is 29.8 Å². The molecule has 2 unspecified atom stereocenters. The number of nitrogens with zero attached hydrogens (tertiary/aromatic N) is 5. The zero-order valence-corrected chi connectivity index (χ0v) is 94.4. The van der Waals surface area contributed by atoms with E-state index in [0.717, 1.165) is 166 Å². The Kier molecular flexibility index (Phi) is 37.5. The van der Waals surface area contributed by atoms with Gasteiger partial charge in [0.15, 0.2) is 57.5 Å². The molecule has 5 fully saturated rings. The van der Waals surface area contributed by atoms with Crippen LogP contribution in [-0.2, 0) is 79.8 Å². The Morgan fingerprint density at radius 1 is 0.273 bits per heavy atom. The number of nitrogens with two attached hydrogens (primary N) is 5. The van der Waals surface area contributed by atoms with Crippen molar-refractivity contribution in [2.45, 2.75) is 326 Å². The van der Waals surface area contributed by atoms with Crippen LogP contribution in [-0.4, -0.2) is 251 Å². The maximum absolute atomic E-state index is 12.8. The van der Waals surface area contributed by atoms with E-state index in [1.165, 1.54) is 39.2 Å². The summed E-state index contributed by atoms with van der Waals surface area (Å²) in [7, 11) is 7.68. The highest BCUT2D eigenvalue weighted by Crippen LogP contribution is 2.52. The third-order valence-corrected chi connectivity index (χ3v) is 32.3. The number of hydrogen-bond acceptors (Lipinski definition) is 30. The molecule has 0 spiro atoms. The van der Waals surface area contributed by atoms with Gasteiger partial charge in [-0.2, -0.15) is 0 Å². The van der Waals surface area contributed by atoms with Crippen LogP contribution in [0.25, 0.3) is 0 Å². The number of fused-ring (bicyclic) bond motifs is 15. The number of methoxy groups -OCH3 is 10. The van der Waals surface area contributed by atoms with Crippen molar-refractivity contribution in [1.29, 1.82) is 0 Å². The third kappa shape index (κ3) is 30.2. The molecule has 10 aliphatic heterocycles. The van der Waals surface area contributed by atoms with Gasteiger partial charge in [-0.15, -0.1) is 0 Å². The van der Waals surface area contributed by atoms with Crippen molar-refractivity contribution in [3.8, 4) is 57.5 Å². The molecule has 0 bridgehead atoms. The van der Waals surface area contributed by atoms with Crippen molar-refractivity contribution >= 4 is 29.8 Å². The predicted octanol–water partition coefficient (Wildman–Crippen LogP) is 17.8. The predicted molar refractivity (Wildman–Crippen MR) is 589 cm³/mol. The lowest BCUT2D eigenvalue weighted by atomic mass is 9.79. The monoisotopic (exact) mass is 2110 g/mol. The van der Waals surface area contributed by atoms with Crippen molar-refractivity contribution < 1.29 is 114 Å². The fraction of sp³-hybridized carbons (Fsp3) is 0.708. The van der Waals surface area contributed by atoms with Crippen LogP contribution in [0.2, 0.25) is 0 Å². The van der Waals surface area contributed by atoms with E-state index < -0.39 is 93.9 Å². The van der Waals surface area contributed by atoms with E-state index in [1.807, 2.05) is 106 Å². The molecule has 22 atom stereocenters. The first kappa shape index (κ1) is 102. The van der Waals surface area contributed by atoms with E-state index >= 15 is 0 Å². The second kappa shape index (κ2) is 55.4. The van der Waals surface area contributed by atoms with E-state index in [1.54, 1.807) is 54.8 Å². The Morgan fingerprint density at radius 3 is 0.593 bits per heavy atom. The molecule has 0 aromatic heterocycles. The van der Waals surface area contributed by atoms with Crippen molar-refractivity contribution in [1.82, 2.24) is 24.5 Å². The van der Waals surface area contributed by atoms with Crippen molar-refractivity contribution in [3.05, 3.63) is 116 Å². The van der Waals surface area contributed by atoms with Crippen LogP contribution in [0.3, 0.4) is 0 Å². The zero-order chi connectivity index (χ0) is 122. The molecule has 0 aliphatic carbocycles. The molecule has 10 N–H and O–H groups in total. The minimum absolute atomic E-state index is 0.0115. The van der Waals surface area contributed by atoms with Crippen LogP contribution >= 0.6 is 0 Å². The summed E-state index contributed by atoms with van der Waals surface area (Å²) >= 11 is 0. The molecule has 30 nitrogen and oxygen atoms in total. The number of piperidine rings is 5. The number of carbonyl (C=O) groups is 5. The Hall–Kier alpha value is -8.95. The summed E-state index contributed by atoms with van der Waals surface area (Å²) in [5, 5.41) is 0. The van der Waals surface area contributed by atoms with Gasteiger partial charge < -0.3 is 99.7 Å². The van der Waals surface area contributed by atoms with Gasteiger partial charge in [-0.3, -0.25) is 48.5 Å². The van der Waals surface area contributed by atoms with E-state index in [2.05, 4.69) is 78.2 Å². The van der Waals surface area contributed by atoms with E-state index in [4.69, 9.17) is 119 Å². The standard InChI is InChI=1S/5C24H38N2O4/c5*1-14(2)9-17-13-26-8-7-16-10-21(28-5)22(29-6)11-18(16)19(26)12-20(17)30-24(27)23(25)15(3)4/h5*10-11,14-15,17,19-20,23H,7-9,12-13,25H2,1-6H3/t5*17-,19-,20+,23+/m11111/s1/i2*1D3,14D;2*5D3;/t2*14?,17-,19-,20+,23+;3m. The van der Waals surface area contributed by atoms with E-state index in [9.17, 15) is 24.0 Å². The topological polar surface area (TPSA) is 370 Å². The lowest BCUT2D eigenvalue weighted by molar-refractivity contribution is -0.161. The summed E-state index contributed by atoms with van der Waals surface area (Å²) in [5.41, 5.74) is 41.7. The quantitative estimate of drug-likeness (QED) is 0.0186. The molecular formula is C120H190N10O20. The fourth-order valence-corrected chi connectivity index (χ4v) is 23.8. The van der Waals surface area contributed by atoms with Gasteiger partial charge in [-0.1, -0.05) is 138 Å². The number of ether oxygens (including phenoxy) is 15. The molecule has 0 radical (unpaired) electrons. The maximum Gasteiger partial charge on any atom is 0.323 e. The maximum atomic E-state index is 12.8. The second-order valence-electron chi connectivity index (χ2n) is 46.2. The van der Waals surface area contributed by atoms with Gasteiger partial charge in [0.05, 0.1) is 79.2 Å². The normalized spacial score (nSPS) is 27.4. The number of carbonyl (C=O) groups excluding carboxylic acids is 5. The molecule has 10 heterocycles. The fourth-order valence-electron chi connectivity index (χ4n) is 23.8. The van der Waals surface area contributed by atoms with Gasteiger partial charge in [-0.25, -0.2) is 0 Å². The number of benzene rings is 5. The van der Waals surface area contributed by atoms with Gasteiger partial charge in [0.2, 0.25) is 0 Å². The van der Waals surface area contributed by atoms with Crippen LogP contribution in [0.5, 0.6) is 57.5 Å². The molecule has 150 heavy (non-hydrogen) atoms. The van der Waals surface area contributed by atoms with E-state index in [-0.39, 0.29) is 144 Å². The molecule has 10 aliphatic rings. The zero-order valence-electron chi connectivity index (χ0n) is 108. The Labute approximate surface area is 917 Å². The smallest absolute Gasteiger partial charge is 0.323 e. The van der Waals surface area contributed by atoms with Crippen LogP contribution < -0.4 is 76.0 Å². The molecule has 0 amide bonds. The SMILES string of the molecule is COc1cc2c(cc1OC)[C@H]1C[C@H](OC(=O)[C@@H](N)C(C)C)[C@H](CC(C)C)CN1CC2.[2H]C([2H])([2H])C([2H])(C)C[C@@H]1CN2CCc3cc(OC)c(OC)cc3[C@H]2C[C@@H]1OC(=O)[C@@H](N)C(C)C.[2H]C([2H])([2H])C([2H])(C)C[C@@H]1CN2CCc3cc(OC)c(OC)cc3[C@H]2C[C@@H]1OC(=O)[C@@H](N)C(C)C.[2H]C([2H])([2H])Oc1cc2c(cc1OC)[C@H]1C[C@H](OC(=O)[C@@H](N)C(C)C)[C@H](CC(C)C)CN1CC2.[2H]C([2H])([2H])Oc1cc2c(cc1OC)[C@H]1C[C@H](OC(=O)[C@@H](N)C(C)C)[C@H](CC(C)C)CN1CC2. The molecule has 840 valence electrons. The van der Waals surface area contributed by atoms with Gasteiger partial charge in [0.25, 0.3) is 0 Å². The lowest BCUT2D eigenvalue weighted by Gasteiger charge is -2.47. The third-order valence-electron chi connectivity index (χ3n) is 32.3. The molecule has 15 rings (SSSR count). The lowest BCUT2D eigenvalue weighted by Crippen LogP contribution is -2.51. The summed E-state index contributed by atoms with van der Waals surface area (Å²) in [6.07, 6.45) is 8.89. The highest BCUT2D eigenvalue weighted by atomic mass is 16.6. The van der Waals surface area contributed by atoms with Gasteiger partial charge in [0, 0.05) is 168 Å². The highest BCUT2D eigenvalue weighted by molar-refractivity contribution is 5.78. The minimum Gasteiger partial charge on any atom is -0.493 e. The summed E-state index contributed by atoms with van der Waals surface area (Å²) in [4.78, 5) is 75.8. The first-order valence-corrected chi connectivity index (χ1v) is 54.7. The molecule has 30 heteroatoms. The largest absolute Gasteiger partial charge is 0.493 e. The molecule has 5 saturated heterocycles. The Bertz CT molecular complexity index is 5540. The van der Waals surface area contributed by atoms with Gasteiger partial charge in [-0.05, 0) is 240 Å². The Balaban J connectivity index is 0.000000192. The van der Waals surface area contributed by atoms with Crippen LogP contribution in [0.4, 0.5) is 0 Å². The van der Waals surface area contributed by atoms with Crippen LogP contribution in [0.15, 0.2) is 60.7 Å². The van der Waals surface area contributed by atoms with Crippen molar-refractivity contribution in [2.24, 2.45) is 117 Å². The average Bonchev–Trinajstić information content (AvgIpc) is 0.763. The van der Waals surface area contributed by atoms with E-state index in [0.29, 0.717) is 96.9 Å². The summed E-state index contributed by atoms with van der Waals surface area (Å²) in [6.45, 7) is 38.2. The molecular weight excluding hydrogens is 1900 g/mol. The first-order chi connectivity index (χ1) is 76.6. The highest BCUT2D eigenvalue weighted by Gasteiger charge is 2.50. The number of rotatable bonds is 35. The summed E-state index contributed by atoms with van der Waals surface area (Å²) in [6, 6.07) is 16.4. The first-order valence-electron chi connectivity index (χ1n) is 61.7. The molecule has 0 saturated carbocycles. The van der Waals surface area contributed by atoms with Crippen molar-refractivity contribution in [2.75, 3.05) is 136 Å².